The third-order valence-electron chi connectivity index (χ3n) is 4.57. The molecule has 3 nitrogen and oxygen atoms in total. The first-order chi connectivity index (χ1) is 7.77. The van der Waals surface area contributed by atoms with E-state index in [-0.39, 0.29) is 5.60 Å². The van der Waals surface area contributed by atoms with Crippen LogP contribution in [0.3, 0.4) is 0 Å². The molecule has 3 heteroatoms. The molecule has 1 spiro atoms. The molecule has 3 saturated heterocycles. The van der Waals surface area contributed by atoms with E-state index < -0.39 is 0 Å². The molecule has 0 aromatic heterocycles. The van der Waals surface area contributed by atoms with Gasteiger partial charge in [0.15, 0.2) is 0 Å². The Kier molecular flexibility index (Phi) is 2.94. The number of nitrogens with one attached hydrogen (secondary N) is 1. The lowest BCUT2D eigenvalue weighted by Gasteiger charge is -2.50. The van der Waals surface area contributed by atoms with Gasteiger partial charge in [-0.2, -0.15) is 0 Å². The summed E-state index contributed by atoms with van der Waals surface area (Å²) in [6.45, 7) is 8.15. The van der Waals surface area contributed by atoms with Crippen molar-refractivity contribution in [3.05, 3.63) is 0 Å². The van der Waals surface area contributed by atoms with Gasteiger partial charge in [0.2, 0.25) is 0 Å². The van der Waals surface area contributed by atoms with Gasteiger partial charge in [-0.1, -0.05) is 6.92 Å². The molecule has 3 rings (SSSR count). The first-order valence-corrected chi connectivity index (χ1v) is 6.86. The standard InChI is InChI=1S/C13H24N2O/c1-11-3-2-5-15(8-11)12-4-6-16-13(7-12)9-14-10-13/h11-12,14H,2-10H2,1H3. The van der Waals surface area contributed by atoms with Gasteiger partial charge in [-0.3, -0.25) is 4.90 Å². The number of hydrogen-bond donors (Lipinski definition) is 1. The molecule has 1 N–H and O–H groups in total. The van der Waals surface area contributed by atoms with Gasteiger partial charge in [0, 0.05) is 32.3 Å². The highest BCUT2D eigenvalue weighted by Crippen LogP contribution is 2.32. The highest BCUT2D eigenvalue weighted by Gasteiger charge is 2.44. The maximum atomic E-state index is 5.96. The predicted molar refractivity (Wildman–Crippen MR) is 64.5 cm³/mol. The van der Waals surface area contributed by atoms with Gasteiger partial charge in [-0.25, -0.2) is 0 Å². The first-order valence-electron chi connectivity index (χ1n) is 6.86. The van der Waals surface area contributed by atoms with Crippen molar-refractivity contribution < 1.29 is 4.74 Å². The van der Waals surface area contributed by atoms with Crippen LogP contribution >= 0.6 is 0 Å². The molecule has 3 aliphatic rings. The largest absolute Gasteiger partial charge is 0.372 e. The Balaban J connectivity index is 1.61. The van der Waals surface area contributed by atoms with E-state index in [0.717, 1.165) is 31.7 Å². The van der Waals surface area contributed by atoms with Crippen molar-refractivity contribution in [2.45, 2.75) is 44.2 Å². The van der Waals surface area contributed by atoms with Crippen LogP contribution in [0.4, 0.5) is 0 Å². The Bertz CT molecular complexity index is 252. The van der Waals surface area contributed by atoms with Crippen molar-refractivity contribution in [2.75, 3.05) is 32.8 Å². The van der Waals surface area contributed by atoms with E-state index in [1.807, 2.05) is 0 Å². The van der Waals surface area contributed by atoms with Crippen LogP contribution in [0.2, 0.25) is 0 Å². The van der Waals surface area contributed by atoms with Gasteiger partial charge in [0.25, 0.3) is 0 Å². The first kappa shape index (κ1) is 11.0. The number of rotatable bonds is 1. The molecule has 0 aliphatic carbocycles. The highest BCUT2D eigenvalue weighted by atomic mass is 16.5. The van der Waals surface area contributed by atoms with Crippen molar-refractivity contribution >= 4 is 0 Å². The van der Waals surface area contributed by atoms with Gasteiger partial charge < -0.3 is 10.1 Å². The van der Waals surface area contributed by atoms with Crippen molar-refractivity contribution in [3.8, 4) is 0 Å². The van der Waals surface area contributed by atoms with Crippen molar-refractivity contribution in [2.24, 2.45) is 5.92 Å². The lowest BCUT2D eigenvalue weighted by Crippen LogP contribution is -2.65. The summed E-state index contributed by atoms with van der Waals surface area (Å²) in [6.07, 6.45) is 5.32. The van der Waals surface area contributed by atoms with Crippen LogP contribution in [0, 0.1) is 5.92 Å². The van der Waals surface area contributed by atoms with Crippen LogP contribution in [-0.4, -0.2) is 49.3 Å². The number of piperidine rings is 1. The molecule has 3 fully saturated rings. The molecule has 92 valence electrons. The van der Waals surface area contributed by atoms with Gasteiger partial charge in [-0.15, -0.1) is 0 Å². The average molecular weight is 224 g/mol. The maximum Gasteiger partial charge on any atom is 0.0944 e. The summed E-state index contributed by atoms with van der Waals surface area (Å²) in [7, 11) is 0. The number of ether oxygens (including phenoxy) is 1. The van der Waals surface area contributed by atoms with Gasteiger partial charge >= 0.3 is 0 Å². The second kappa shape index (κ2) is 4.28. The fourth-order valence-corrected chi connectivity index (χ4v) is 3.52. The zero-order chi connectivity index (χ0) is 11.0. The SMILES string of the molecule is CC1CCCN(C2CCOC3(CNC3)C2)C1. The zero-order valence-electron chi connectivity index (χ0n) is 10.4. The Morgan fingerprint density at radius 2 is 2.19 bits per heavy atom. The number of hydrogen-bond acceptors (Lipinski definition) is 3. The Labute approximate surface area is 98.5 Å². The molecule has 3 heterocycles. The van der Waals surface area contributed by atoms with Crippen molar-refractivity contribution in [3.63, 3.8) is 0 Å². The Morgan fingerprint density at radius 1 is 1.31 bits per heavy atom. The van der Waals surface area contributed by atoms with E-state index in [1.54, 1.807) is 0 Å². The lowest BCUT2D eigenvalue weighted by molar-refractivity contribution is -0.135. The summed E-state index contributed by atoms with van der Waals surface area (Å²) in [4.78, 5) is 2.73. The molecule has 0 aromatic carbocycles. The summed E-state index contributed by atoms with van der Waals surface area (Å²) in [5, 5.41) is 3.36. The van der Waals surface area contributed by atoms with Crippen LogP contribution in [0.5, 0.6) is 0 Å². The van der Waals surface area contributed by atoms with Crippen molar-refractivity contribution in [1.29, 1.82) is 0 Å². The van der Waals surface area contributed by atoms with E-state index in [4.69, 9.17) is 4.74 Å². The molecule has 0 bridgehead atoms. The van der Waals surface area contributed by atoms with E-state index in [2.05, 4.69) is 17.1 Å². The average Bonchev–Trinajstić information content (AvgIpc) is 2.27. The van der Waals surface area contributed by atoms with Crippen LogP contribution in [-0.2, 0) is 4.74 Å². The summed E-state index contributed by atoms with van der Waals surface area (Å²) < 4.78 is 5.96. The summed E-state index contributed by atoms with van der Waals surface area (Å²) in [6, 6.07) is 0.790. The molecule has 0 aromatic rings. The second-order valence-corrected chi connectivity index (χ2v) is 6.02. The Morgan fingerprint density at radius 3 is 2.88 bits per heavy atom. The third-order valence-corrected chi connectivity index (χ3v) is 4.57. The van der Waals surface area contributed by atoms with Crippen LogP contribution in [0.15, 0.2) is 0 Å². The number of nitrogens with zero attached hydrogens (tertiary/aromatic N) is 1. The minimum Gasteiger partial charge on any atom is -0.372 e. The summed E-state index contributed by atoms with van der Waals surface area (Å²) in [5.41, 5.74) is 0.212. The summed E-state index contributed by atoms with van der Waals surface area (Å²) in [5.74, 6) is 0.895. The second-order valence-electron chi connectivity index (χ2n) is 6.02. The topological polar surface area (TPSA) is 24.5 Å². The molecular weight excluding hydrogens is 200 g/mol. The highest BCUT2D eigenvalue weighted by molar-refractivity contribution is 5.00. The monoisotopic (exact) mass is 224 g/mol. The van der Waals surface area contributed by atoms with Gasteiger partial charge in [-0.05, 0) is 38.1 Å². The van der Waals surface area contributed by atoms with E-state index in [9.17, 15) is 0 Å². The molecule has 0 amide bonds. The normalized spacial score (nSPS) is 39.6. The molecule has 3 aliphatic heterocycles. The lowest BCUT2D eigenvalue weighted by atomic mass is 9.84. The third kappa shape index (κ3) is 2.01. The fourth-order valence-electron chi connectivity index (χ4n) is 3.52. The minimum absolute atomic E-state index is 0.212. The molecule has 16 heavy (non-hydrogen) atoms. The Hall–Kier alpha value is -0.120. The van der Waals surface area contributed by atoms with Crippen LogP contribution in [0.25, 0.3) is 0 Å². The summed E-state index contributed by atoms with van der Waals surface area (Å²) >= 11 is 0. The zero-order valence-corrected chi connectivity index (χ0v) is 10.4. The quantitative estimate of drug-likeness (QED) is 0.725. The molecule has 2 unspecified atom stereocenters. The number of likely N-dealkylation sites (tertiary alicyclic amines) is 1. The molecular formula is C13H24N2O. The van der Waals surface area contributed by atoms with E-state index >= 15 is 0 Å². The van der Waals surface area contributed by atoms with Crippen molar-refractivity contribution in [1.82, 2.24) is 10.2 Å². The van der Waals surface area contributed by atoms with Gasteiger partial charge in [0.05, 0.1) is 5.60 Å². The fraction of sp³-hybridized carbons (Fsp3) is 1.00. The van der Waals surface area contributed by atoms with E-state index in [1.165, 1.54) is 38.8 Å². The van der Waals surface area contributed by atoms with Gasteiger partial charge in [0.1, 0.15) is 0 Å². The minimum atomic E-state index is 0.212. The van der Waals surface area contributed by atoms with E-state index in [0.29, 0.717) is 0 Å². The molecule has 2 atom stereocenters. The molecule has 0 saturated carbocycles. The predicted octanol–water partition coefficient (Wildman–Crippen LogP) is 1.24. The smallest absolute Gasteiger partial charge is 0.0944 e. The van der Waals surface area contributed by atoms with Crippen LogP contribution in [0.1, 0.15) is 32.6 Å². The van der Waals surface area contributed by atoms with Crippen LogP contribution < -0.4 is 5.32 Å². The molecule has 0 radical (unpaired) electrons. The maximum absolute atomic E-state index is 5.96.